The Kier molecular flexibility index (Phi) is 6.83. The van der Waals surface area contributed by atoms with E-state index in [1.165, 1.54) is 0 Å². The van der Waals surface area contributed by atoms with Gasteiger partial charge in [-0.05, 0) is 25.5 Å². The average molecular weight is 328 g/mol. The molecule has 0 aromatic heterocycles. The highest BCUT2D eigenvalue weighted by Crippen LogP contribution is 2.29. The number of hydrogen-bond donors (Lipinski definition) is 1. The van der Waals surface area contributed by atoms with Crippen molar-refractivity contribution >= 4 is 0 Å². The zero-order valence-electron chi connectivity index (χ0n) is 15.1. The lowest BCUT2D eigenvalue weighted by molar-refractivity contribution is -0.906. The normalized spacial score (nSPS) is 12.8. The van der Waals surface area contributed by atoms with Crippen molar-refractivity contribution in [3.05, 3.63) is 65.7 Å². The van der Waals surface area contributed by atoms with Crippen molar-refractivity contribution in [2.75, 3.05) is 33.3 Å². The van der Waals surface area contributed by atoms with Crippen LogP contribution in [0.1, 0.15) is 37.5 Å². The van der Waals surface area contributed by atoms with Crippen molar-refractivity contribution < 1.29 is 14.3 Å². The third-order valence-corrected chi connectivity index (χ3v) is 4.96. The van der Waals surface area contributed by atoms with Crippen molar-refractivity contribution in [3.63, 3.8) is 0 Å². The predicted molar refractivity (Wildman–Crippen MR) is 99.2 cm³/mol. The topological polar surface area (TPSA) is 29.5 Å². The highest BCUT2D eigenvalue weighted by molar-refractivity contribution is 5.40. The standard InChI is InChI=1S/C21H30NO2/c1-4-22(3,5-2)16-11-17-24-20-15-10-9-14-19(20)21(23)18-12-7-6-8-13-18/h6-10,12-15,21,23H,4-5,11,16-17H2,1-3H3/q+1. The molecule has 0 spiro atoms. The van der Waals surface area contributed by atoms with Gasteiger partial charge in [0.05, 0.1) is 33.3 Å². The summed E-state index contributed by atoms with van der Waals surface area (Å²) in [7, 11) is 2.28. The van der Waals surface area contributed by atoms with E-state index in [1.54, 1.807) is 0 Å². The Morgan fingerprint density at radius 3 is 2.25 bits per heavy atom. The Labute approximate surface area is 146 Å². The molecule has 0 aliphatic heterocycles. The number of ether oxygens (including phenoxy) is 1. The van der Waals surface area contributed by atoms with Crippen LogP contribution in [0.3, 0.4) is 0 Å². The molecule has 24 heavy (non-hydrogen) atoms. The fraction of sp³-hybridized carbons (Fsp3) is 0.429. The Morgan fingerprint density at radius 1 is 0.958 bits per heavy atom. The molecule has 0 saturated heterocycles. The van der Waals surface area contributed by atoms with Gasteiger partial charge >= 0.3 is 0 Å². The van der Waals surface area contributed by atoms with Crippen LogP contribution in [0.4, 0.5) is 0 Å². The van der Waals surface area contributed by atoms with E-state index in [9.17, 15) is 5.11 Å². The van der Waals surface area contributed by atoms with Gasteiger partial charge in [0, 0.05) is 12.0 Å². The Hall–Kier alpha value is -1.84. The van der Waals surface area contributed by atoms with Crippen LogP contribution < -0.4 is 4.74 Å². The van der Waals surface area contributed by atoms with Gasteiger partial charge in [0.15, 0.2) is 0 Å². The summed E-state index contributed by atoms with van der Waals surface area (Å²) in [6.45, 7) is 8.52. The van der Waals surface area contributed by atoms with Gasteiger partial charge in [-0.2, -0.15) is 0 Å². The molecule has 0 fully saturated rings. The van der Waals surface area contributed by atoms with E-state index in [0.29, 0.717) is 6.61 Å². The van der Waals surface area contributed by atoms with Crippen LogP contribution in [0.15, 0.2) is 54.6 Å². The quantitative estimate of drug-likeness (QED) is 0.556. The van der Waals surface area contributed by atoms with Crippen molar-refractivity contribution in [2.24, 2.45) is 0 Å². The van der Waals surface area contributed by atoms with E-state index >= 15 is 0 Å². The minimum absolute atomic E-state index is 0.658. The van der Waals surface area contributed by atoms with Crippen LogP contribution >= 0.6 is 0 Å². The SMILES string of the molecule is CC[N+](C)(CC)CCCOc1ccccc1C(O)c1ccccc1. The van der Waals surface area contributed by atoms with E-state index in [0.717, 1.165) is 47.4 Å². The summed E-state index contributed by atoms with van der Waals surface area (Å²) >= 11 is 0. The smallest absolute Gasteiger partial charge is 0.125 e. The summed E-state index contributed by atoms with van der Waals surface area (Å²) in [5, 5.41) is 10.7. The number of rotatable bonds is 9. The molecule has 0 heterocycles. The largest absolute Gasteiger partial charge is 0.493 e. The second-order valence-electron chi connectivity index (χ2n) is 6.53. The van der Waals surface area contributed by atoms with Crippen molar-refractivity contribution in [1.29, 1.82) is 0 Å². The summed E-state index contributed by atoms with van der Waals surface area (Å²) in [5.41, 5.74) is 1.71. The van der Waals surface area contributed by atoms with Gasteiger partial charge in [0.1, 0.15) is 11.9 Å². The Bertz CT molecular complexity index is 608. The second-order valence-corrected chi connectivity index (χ2v) is 6.53. The van der Waals surface area contributed by atoms with Gasteiger partial charge in [-0.15, -0.1) is 0 Å². The predicted octanol–water partition coefficient (Wildman–Crippen LogP) is 4.02. The first-order chi connectivity index (χ1) is 11.6. The molecule has 2 aromatic rings. The van der Waals surface area contributed by atoms with Crippen LogP contribution in [0.2, 0.25) is 0 Å². The lowest BCUT2D eigenvalue weighted by Crippen LogP contribution is -2.44. The summed E-state index contributed by atoms with van der Waals surface area (Å²) in [6, 6.07) is 17.5. The third-order valence-electron chi connectivity index (χ3n) is 4.96. The van der Waals surface area contributed by atoms with E-state index in [-0.39, 0.29) is 0 Å². The van der Waals surface area contributed by atoms with E-state index in [2.05, 4.69) is 20.9 Å². The number of para-hydroxylation sites is 1. The lowest BCUT2D eigenvalue weighted by atomic mass is 10.0. The number of nitrogens with zero attached hydrogens (tertiary/aromatic N) is 1. The molecule has 130 valence electrons. The highest BCUT2D eigenvalue weighted by atomic mass is 16.5. The summed E-state index contributed by atoms with van der Waals surface area (Å²) in [6.07, 6.45) is 0.350. The van der Waals surface area contributed by atoms with Crippen LogP contribution in [0, 0.1) is 0 Å². The molecule has 1 atom stereocenters. The first-order valence-corrected chi connectivity index (χ1v) is 8.88. The molecule has 0 amide bonds. The maximum Gasteiger partial charge on any atom is 0.125 e. The molecule has 0 bridgehead atoms. The van der Waals surface area contributed by atoms with Gasteiger partial charge in [-0.1, -0.05) is 48.5 Å². The van der Waals surface area contributed by atoms with Crippen LogP contribution in [0.5, 0.6) is 5.75 Å². The molecule has 0 radical (unpaired) electrons. The first-order valence-electron chi connectivity index (χ1n) is 8.88. The number of quaternary nitrogens is 1. The molecule has 0 saturated carbocycles. The number of aliphatic hydroxyl groups excluding tert-OH is 1. The van der Waals surface area contributed by atoms with Gasteiger partial charge in [-0.25, -0.2) is 0 Å². The number of hydrogen-bond acceptors (Lipinski definition) is 2. The van der Waals surface area contributed by atoms with E-state index in [1.807, 2.05) is 54.6 Å². The van der Waals surface area contributed by atoms with Gasteiger partial charge in [0.2, 0.25) is 0 Å². The molecular formula is C21H30NO2+. The number of benzene rings is 2. The van der Waals surface area contributed by atoms with Crippen molar-refractivity contribution in [2.45, 2.75) is 26.4 Å². The number of aliphatic hydroxyl groups is 1. The minimum Gasteiger partial charge on any atom is -0.493 e. The van der Waals surface area contributed by atoms with Gasteiger partial charge < -0.3 is 14.3 Å². The van der Waals surface area contributed by atoms with E-state index in [4.69, 9.17) is 4.74 Å². The third kappa shape index (κ3) is 4.83. The zero-order chi connectivity index (χ0) is 17.4. The summed E-state index contributed by atoms with van der Waals surface area (Å²) in [5.74, 6) is 0.774. The molecule has 2 aromatic carbocycles. The average Bonchev–Trinajstić information content (AvgIpc) is 2.65. The molecule has 1 N–H and O–H groups in total. The summed E-state index contributed by atoms with van der Waals surface area (Å²) in [4.78, 5) is 0. The highest BCUT2D eigenvalue weighted by Gasteiger charge is 2.17. The second kappa shape index (κ2) is 8.86. The van der Waals surface area contributed by atoms with Crippen LogP contribution in [-0.2, 0) is 0 Å². The zero-order valence-corrected chi connectivity index (χ0v) is 15.1. The lowest BCUT2D eigenvalue weighted by Gasteiger charge is -2.32. The monoisotopic (exact) mass is 328 g/mol. The molecular weight excluding hydrogens is 298 g/mol. The first kappa shape index (κ1) is 18.5. The Balaban J connectivity index is 1.99. The molecule has 1 unspecified atom stereocenters. The molecule has 3 nitrogen and oxygen atoms in total. The van der Waals surface area contributed by atoms with Crippen LogP contribution in [-0.4, -0.2) is 42.9 Å². The summed E-state index contributed by atoms with van der Waals surface area (Å²) < 4.78 is 7.06. The molecule has 0 aliphatic rings. The maximum atomic E-state index is 10.7. The molecule has 3 heteroatoms. The Morgan fingerprint density at radius 2 is 1.58 bits per heavy atom. The fourth-order valence-electron chi connectivity index (χ4n) is 2.82. The molecule has 0 aliphatic carbocycles. The maximum absolute atomic E-state index is 10.7. The van der Waals surface area contributed by atoms with Crippen LogP contribution in [0.25, 0.3) is 0 Å². The van der Waals surface area contributed by atoms with Gasteiger partial charge in [-0.3, -0.25) is 0 Å². The minimum atomic E-state index is -0.658. The van der Waals surface area contributed by atoms with E-state index < -0.39 is 6.10 Å². The van der Waals surface area contributed by atoms with Crippen molar-refractivity contribution in [1.82, 2.24) is 0 Å². The molecule has 2 rings (SSSR count). The van der Waals surface area contributed by atoms with Crippen molar-refractivity contribution in [3.8, 4) is 5.75 Å². The van der Waals surface area contributed by atoms with Gasteiger partial charge in [0.25, 0.3) is 0 Å². The fourth-order valence-corrected chi connectivity index (χ4v) is 2.82.